The van der Waals surface area contributed by atoms with Crippen molar-refractivity contribution in [2.24, 2.45) is 5.41 Å². The van der Waals surface area contributed by atoms with Crippen molar-refractivity contribution in [1.82, 2.24) is 9.47 Å². The van der Waals surface area contributed by atoms with Crippen molar-refractivity contribution in [3.05, 3.63) is 23.5 Å². The Hall–Kier alpha value is -0.800. The van der Waals surface area contributed by atoms with E-state index < -0.39 is 0 Å². The van der Waals surface area contributed by atoms with Crippen LogP contribution in [-0.2, 0) is 13.0 Å². The molecule has 1 unspecified atom stereocenters. The average Bonchev–Trinajstić information content (AvgIpc) is 3.12. The van der Waals surface area contributed by atoms with E-state index in [9.17, 15) is 5.11 Å². The Kier molecular flexibility index (Phi) is 3.67. The van der Waals surface area contributed by atoms with Crippen molar-refractivity contribution in [1.29, 1.82) is 0 Å². The van der Waals surface area contributed by atoms with Gasteiger partial charge in [-0.05, 0) is 43.7 Å². The highest BCUT2D eigenvalue weighted by atomic mass is 16.3. The van der Waals surface area contributed by atoms with Crippen LogP contribution >= 0.6 is 0 Å². The first-order valence-corrected chi connectivity index (χ1v) is 8.10. The second-order valence-corrected chi connectivity index (χ2v) is 7.33. The van der Waals surface area contributed by atoms with Crippen LogP contribution in [0.3, 0.4) is 0 Å². The molecule has 0 spiro atoms. The van der Waals surface area contributed by atoms with Gasteiger partial charge in [0.25, 0.3) is 0 Å². The summed E-state index contributed by atoms with van der Waals surface area (Å²) < 4.78 is 2.38. The minimum atomic E-state index is -0.277. The summed E-state index contributed by atoms with van der Waals surface area (Å²) in [6.07, 6.45) is 6.62. The molecule has 1 atom stereocenters. The van der Waals surface area contributed by atoms with Gasteiger partial charge in [0.2, 0.25) is 0 Å². The Morgan fingerprint density at radius 3 is 2.80 bits per heavy atom. The van der Waals surface area contributed by atoms with Crippen molar-refractivity contribution < 1.29 is 5.11 Å². The lowest BCUT2D eigenvalue weighted by Gasteiger charge is -2.34. The Morgan fingerprint density at radius 2 is 2.15 bits per heavy atom. The summed E-state index contributed by atoms with van der Waals surface area (Å²) in [5, 5.41) is 10.3. The second kappa shape index (κ2) is 5.19. The number of aliphatic hydroxyl groups excluding tert-OH is 1. The van der Waals surface area contributed by atoms with Crippen molar-refractivity contribution in [3.63, 3.8) is 0 Å². The zero-order valence-electron chi connectivity index (χ0n) is 13.1. The van der Waals surface area contributed by atoms with Crippen molar-refractivity contribution in [2.45, 2.75) is 65.1 Å². The predicted octanol–water partition coefficient (Wildman–Crippen LogP) is 2.98. The van der Waals surface area contributed by atoms with Gasteiger partial charge in [-0.1, -0.05) is 20.8 Å². The smallest absolute Gasteiger partial charge is 0.0812 e. The number of likely N-dealkylation sites (N-methyl/N-ethyl adjacent to an activating group) is 1. The van der Waals surface area contributed by atoms with Crippen LogP contribution in [0.4, 0.5) is 0 Å². The highest BCUT2D eigenvalue weighted by Gasteiger charge is 2.33. The molecule has 0 bridgehead atoms. The maximum atomic E-state index is 10.3. The maximum Gasteiger partial charge on any atom is 0.0812 e. The number of aliphatic hydroxyl groups is 1. The minimum Gasteiger partial charge on any atom is -0.388 e. The van der Waals surface area contributed by atoms with Crippen LogP contribution in [0.1, 0.15) is 57.4 Å². The fourth-order valence-electron chi connectivity index (χ4n) is 3.67. The van der Waals surface area contributed by atoms with Gasteiger partial charge < -0.3 is 9.67 Å². The molecule has 0 aliphatic heterocycles. The van der Waals surface area contributed by atoms with E-state index in [1.54, 1.807) is 0 Å². The fourth-order valence-corrected chi connectivity index (χ4v) is 3.67. The molecular weight excluding hydrogens is 248 g/mol. The molecular formula is C17H28N2O. The van der Waals surface area contributed by atoms with Crippen molar-refractivity contribution in [3.8, 4) is 0 Å². The molecule has 20 heavy (non-hydrogen) atoms. The standard InChI is InChI=1S/C17H28N2O/c1-4-18(13-5-6-13)9-10-19-8-7-14-15(19)11-17(2,3)12-16(14)20/h7-8,13,16,20H,4-6,9-12H2,1-3H3. The number of nitrogens with zero attached hydrogens (tertiary/aromatic N) is 2. The topological polar surface area (TPSA) is 28.4 Å². The Balaban J connectivity index is 1.72. The zero-order chi connectivity index (χ0) is 14.3. The summed E-state index contributed by atoms with van der Waals surface area (Å²) in [7, 11) is 0. The molecule has 1 saturated carbocycles. The van der Waals surface area contributed by atoms with Gasteiger partial charge in [-0.3, -0.25) is 4.90 Å². The molecule has 0 amide bonds. The van der Waals surface area contributed by atoms with E-state index in [1.807, 2.05) is 0 Å². The third kappa shape index (κ3) is 2.79. The third-order valence-electron chi connectivity index (χ3n) is 4.96. The largest absolute Gasteiger partial charge is 0.388 e. The van der Waals surface area contributed by atoms with Crippen molar-refractivity contribution in [2.75, 3.05) is 13.1 Å². The molecule has 0 saturated heterocycles. The molecule has 1 aromatic rings. The summed E-state index contributed by atoms with van der Waals surface area (Å²) in [4.78, 5) is 2.59. The average molecular weight is 276 g/mol. The van der Waals surface area contributed by atoms with Gasteiger partial charge in [-0.25, -0.2) is 0 Å². The monoisotopic (exact) mass is 276 g/mol. The van der Waals surface area contributed by atoms with E-state index >= 15 is 0 Å². The molecule has 112 valence electrons. The normalized spacial score (nSPS) is 24.9. The molecule has 3 nitrogen and oxygen atoms in total. The van der Waals surface area contributed by atoms with Crippen LogP contribution in [0.15, 0.2) is 12.3 Å². The van der Waals surface area contributed by atoms with E-state index in [1.165, 1.54) is 24.1 Å². The number of rotatable bonds is 5. The van der Waals surface area contributed by atoms with E-state index in [-0.39, 0.29) is 11.5 Å². The Labute approximate surface area is 122 Å². The van der Waals surface area contributed by atoms with E-state index in [0.717, 1.165) is 38.5 Å². The first-order valence-electron chi connectivity index (χ1n) is 8.10. The molecule has 0 radical (unpaired) electrons. The summed E-state index contributed by atoms with van der Waals surface area (Å²) in [6, 6.07) is 2.97. The first kappa shape index (κ1) is 14.2. The second-order valence-electron chi connectivity index (χ2n) is 7.33. The first-order chi connectivity index (χ1) is 9.50. The molecule has 2 aliphatic rings. The quantitative estimate of drug-likeness (QED) is 0.895. The van der Waals surface area contributed by atoms with E-state index in [4.69, 9.17) is 0 Å². The van der Waals surface area contributed by atoms with Crippen LogP contribution in [0, 0.1) is 5.41 Å². The Morgan fingerprint density at radius 1 is 1.40 bits per heavy atom. The molecule has 3 rings (SSSR count). The van der Waals surface area contributed by atoms with Crippen LogP contribution in [0.25, 0.3) is 0 Å². The maximum absolute atomic E-state index is 10.3. The number of aromatic nitrogens is 1. The van der Waals surface area contributed by atoms with Gasteiger partial charge in [-0.2, -0.15) is 0 Å². The minimum absolute atomic E-state index is 0.212. The lowest BCUT2D eigenvalue weighted by molar-refractivity contribution is 0.0977. The summed E-state index contributed by atoms with van der Waals surface area (Å²) in [5.41, 5.74) is 2.74. The molecule has 1 heterocycles. The third-order valence-corrected chi connectivity index (χ3v) is 4.96. The molecule has 1 N–H and O–H groups in total. The zero-order valence-corrected chi connectivity index (χ0v) is 13.1. The summed E-state index contributed by atoms with van der Waals surface area (Å²) in [6.45, 7) is 10.1. The lowest BCUT2D eigenvalue weighted by Crippen LogP contribution is -2.31. The lowest BCUT2D eigenvalue weighted by atomic mass is 9.75. The van der Waals surface area contributed by atoms with Gasteiger partial charge >= 0.3 is 0 Å². The van der Waals surface area contributed by atoms with Crippen LogP contribution in [0.5, 0.6) is 0 Å². The van der Waals surface area contributed by atoms with Gasteiger partial charge in [0, 0.05) is 36.6 Å². The number of hydrogen-bond acceptors (Lipinski definition) is 2. The molecule has 2 aliphatic carbocycles. The molecule has 3 heteroatoms. The van der Waals surface area contributed by atoms with Crippen LogP contribution < -0.4 is 0 Å². The SMILES string of the molecule is CCN(CCn1ccc2c1CC(C)(C)CC2O)C1CC1. The van der Waals surface area contributed by atoms with Gasteiger partial charge in [0.15, 0.2) is 0 Å². The van der Waals surface area contributed by atoms with Gasteiger partial charge in [0.1, 0.15) is 0 Å². The fraction of sp³-hybridized carbons (Fsp3) is 0.765. The summed E-state index contributed by atoms with van der Waals surface area (Å²) in [5.74, 6) is 0. The molecule has 0 aromatic carbocycles. The summed E-state index contributed by atoms with van der Waals surface area (Å²) >= 11 is 0. The van der Waals surface area contributed by atoms with Crippen molar-refractivity contribution >= 4 is 0 Å². The van der Waals surface area contributed by atoms with Gasteiger partial charge in [-0.15, -0.1) is 0 Å². The van der Waals surface area contributed by atoms with E-state index in [2.05, 4.69) is 42.5 Å². The highest BCUT2D eigenvalue weighted by molar-refractivity contribution is 5.29. The van der Waals surface area contributed by atoms with E-state index in [0.29, 0.717) is 0 Å². The number of fused-ring (bicyclic) bond motifs is 1. The van der Waals surface area contributed by atoms with Gasteiger partial charge in [0.05, 0.1) is 6.10 Å². The van der Waals surface area contributed by atoms with Crippen LogP contribution in [0.2, 0.25) is 0 Å². The predicted molar refractivity (Wildman–Crippen MR) is 81.8 cm³/mol. The number of hydrogen-bond donors (Lipinski definition) is 1. The molecule has 1 aromatic heterocycles. The Bertz CT molecular complexity index is 473. The molecule has 1 fully saturated rings. The van der Waals surface area contributed by atoms with Crippen LogP contribution in [-0.4, -0.2) is 33.7 Å². The highest BCUT2D eigenvalue weighted by Crippen LogP contribution is 2.41.